The molecule has 0 N–H and O–H groups in total. The number of aromatic nitrogens is 1. The number of hydrogen-bond acceptors (Lipinski definition) is 4. The highest BCUT2D eigenvalue weighted by Crippen LogP contribution is 2.39. The quantitative estimate of drug-likeness (QED) is 0.343. The third-order valence-electron chi connectivity index (χ3n) is 4.88. The van der Waals surface area contributed by atoms with Gasteiger partial charge in [-0.2, -0.15) is 0 Å². The van der Waals surface area contributed by atoms with Crippen LogP contribution in [0.5, 0.6) is 11.5 Å². The fourth-order valence-corrected chi connectivity index (χ4v) is 3.26. The van der Waals surface area contributed by atoms with Gasteiger partial charge in [-0.15, -0.1) is 0 Å². The first-order valence-corrected chi connectivity index (χ1v) is 10.0. The van der Waals surface area contributed by atoms with Crippen LogP contribution in [0.15, 0.2) is 83.4 Å². The van der Waals surface area contributed by atoms with Crippen LogP contribution in [0.1, 0.15) is 36.5 Å². The van der Waals surface area contributed by atoms with E-state index >= 15 is 0 Å². The molecule has 0 spiro atoms. The Morgan fingerprint density at radius 1 is 0.833 bits per heavy atom. The zero-order chi connectivity index (χ0) is 20.8. The van der Waals surface area contributed by atoms with Crippen LogP contribution in [0.3, 0.4) is 0 Å². The molecule has 4 rings (SSSR count). The van der Waals surface area contributed by atoms with Gasteiger partial charge < -0.3 is 14.0 Å². The maximum absolute atomic E-state index is 6.22. The highest BCUT2D eigenvalue weighted by molar-refractivity contribution is 5.70. The van der Waals surface area contributed by atoms with Crippen LogP contribution in [0, 0.1) is 6.26 Å². The molecule has 0 bridgehead atoms. The van der Waals surface area contributed by atoms with E-state index in [0.717, 1.165) is 28.0 Å². The molecule has 0 saturated carbocycles. The first-order chi connectivity index (χ1) is 14.7. The standard InChI is InChI=1S/C26H24NO3/c1-19(2)22-15-23(24-13-14-30-27-24)26(29-18-21-11-7-4-8-12-21)16-25(22)28-17-20-9-5-3-6-10-20/h3-13,15-16,19H,17-18H2,1-2H3. The van der Waals surface area contributed by atoms with Gasteiger partial charge in [-0.25, -0.2) is 0 Å². The van der Waals surface area contributed by atoms with Gasteiger partial charge in [0.25, 0.3) is 0 Å². The van der Waals surface area contributed by atoms with Gasteiger partial charge in [-0.1, -0.05) is 79.7 Å². The Balaban J connectivity index is 1.67. The number of nitrogens with zero attached hydrogens (tertiary/aromatic N) is 1. The van der Waals surface area contributed by atoms with Crippen LogP contribution in [0.25, 0.3) is 11.3 Å². The molecule has 4 nitrogen and oxygen atoms in total. The second kappa shape index (κ2) is 9.31. The average Bonchev–Trinajstić information content (AvgIpc) is 3.32. The second-order valence-corrected chi connectivity index (χ2v) is 7.42. The lowest BCUT2D eigenvalue weighted by Crippen LogP contribution is -2.03. The SMILES string of the molecule is CC(C)c1cc(-c2c[c]on2)c(OCc2ccccc2)cc1OCc1ccccc1. The molecule has 0 amide bonds. The molecule has 1 aromatic heterocycles. The third-order valence-corrected chi connectivity index (χ3v) is 4.88. The summed E-state index contributed by atoms with van der Waals surface area (Å²) in [7, 11) is 0. The average molecular weight is 398 g/mol. The predicted molar refractivity (Wildman–Crippen MR) is 116 cm³/mol. The van der Waals surface area contributed by atoms with Crippen molar-refractivity contribution in [3.8, 4) is 22.8 Å². The smallest absolute Gasteiger partial charge is 0.205 e. The molecule has 151 valence electrons. The maximum Gasteiger partial charge on any atom is 0.205 e. The normalized spacial score (nSPS) is 10.9. The summed E-state index contributed by atoms with van der Waals surface area (Å²) in [6.45, 7) is 5.24. The molecule has 0 unspecified atom stereocenters. The van der Waals surface area contributed by atoms with Crippen molar-refractivity contribution in [2.45, 2.75) is 33.0 Å². The summed E-state index contributed by atoms with van der Waals surface area (Å²) in [5.41, 5.74) is 4.86. The molecule has 1 heterocycles. The van der Waals surface area contributed by atoms with Gasteiger partial charge in [-0.3, -0.25) is 0 Å². The zero-order valence-corrected chi connectivity index (χ0v) is 17.2. The van der Waals surface area contributed by atoms with E-state index in [4.69, 9.17) is 14.0 Å². The van der Waals surface area contributed by atoms with Gasteiger partial charge >= 0.3 is 0 Å². The van der Waals surface area contributed by atoms with Crippen molar-refractivity contribution in [1.82, 2.24) is 5.16 Å². The summed E-state index contributed by atoms with van der Waals surface area (Å²) in [5, 5.41) is 4.07. The first-order valence-electron chi connectivity index (χ1n) is 10.0. The highest BCUT2D eigenvalue weighted by Gasteiger charge is 2.18. The van der Waals surface area contributed by atoms with E-state index in [1.165, 1.54) is 0 Å². The Bertz CT molecular complexity index is 1060. The van der Waals surface area contributed by atoms with Gasteiger partial charge in [0, 0.05) is 17.7 Å². The number of rotatable bonds is 8. The largest absolute Gasteiger partial charge is 0.488 e. The third kappa shape index (κ3) is 4.71. The Hall–Kier alpha value is -3.53. The van der Waals surface area contributed by atoms with E-state index in [1.54, 1.807) is 6.07 Å². The molecule has 0 aliphatic heterocycles. The summed E-state index contributed by atoms with van der Waals surface area (Å²) >= 11 is 0. The Morgan fingerprint density at radius 2 is 1.43 bits per heavy atom. The van der Waals surface area contributed by atoms with Crippen molar-refractivity contribution in [3.05, 3.63) is 102 Å². The summed E-state index contributed by atoms with van der Waals surface area (Å²) < 4.78 is 17.4. The van der Waals surface area contributed by atoms with Gasteiger partial charge in [0.15, 0.2) is 0 Å². The molecule has 0 fully saturated rings. The number of benzene rings is 3. The molecule has 0 aliphatic carbocycles. The monoisotopic (exact) mass is 398 g/mol. The minimum absolute atomic E-state index is 0.272. The molecular formula is C26H24NO3. The van der Waals surface area contributed by atoms with Crippen molar-refractivity contribution < 1.29 is 14.0 Å². The van der Waals surface area contributed by atoms with E-state index < -0.39 is 0 Å². The minimum Gasteiger partial charge on any atom is -0.488 e. The van der Waals surface area contributed by atoms with E-state index in [2.05, 4.69) is 43.5 Å². The Kier molecular flexibility index (Phi) is 6.14. The van der Waals surface area contributed by atoms with Crippen molar-refractivity contribution >= 4 is 0 Å². The lowest BCUT2D eigenvalue weighted by Gasteiger charge is -2.19. The Labute approximate surface area is 177 Å². The summed E-state index contributed by atoms with van der Waals surface area (Å²) in [5.74, 6) is 1.79. The van der Waals surface area contributed by atoms with Gasteiger partial charge in [-0.05, 0) is 28.7 Å². The molecule has 4 aromatic rings. The summed E-state index contributed by atoms with van der Waals surface area (Å²) in [6.07, 6.45) is 2.67. The Morgan fingerprint density at radius 3 is 1.97 bits per heavy atom. The molecule has 4 heteroatoms. The molecule has 3 aromatic carbocycles. The summed E-state index contributed by atoms with van der Waals surface area (Å²) in [6, 6.07) is 26.0. The second-order valence-electron chi connectivity index (χ2n) is 7.42. The number of hydrogen-bond donors (Lipinski definition) is 0. The maximum atomic E-state index is 6.22. The minimum atomic E-state index is 0.272. The topological polar surface area (TPSA) is 44.5 Å². The van der Waals surface area contributed by atoms with Crippen molar-refractivity contribution in [1.29, 1.82) is 0 Å². The van der Waals surface area contributed by atoms with E-state index in [0.29, 0.717) is 24.7 Å². The van der Waals surface area contributed by atoms with Crippen LogP contribution in [0.2, 0.25) is 0 Å². The van der Waals surface area contributed by atoms with Gasteiger partial charge in [0.1, 0.15) is 30.4 Å². The fraction of sp³-hybridized carbons (Fsp3) is 0.192. The van der Waals surface area contributed by atoms with Gasteiger partial charge in [0.2, 0.25) is 6.26 Å². The van der Waals surface area contributed by atoms with E-state index in [9.17, 15) is 0 Å². The predicted octanol–water partition coefficient (Wildman–Crippen LogP) is 6.42. The van der Waals surface area contributed by atoms with Crippen LogP contribution < -0.4 is 9.47 Å². The molecule has 30 heavy (non-hydrogen) atoms. The molecule has 0 aliphatic rings. The lowest BCUT2D eigenvalue weighted by molar-refractivity contribution is 0.287. The lowest BCUT2D eigenvalue weighted by atomic mass is 9.97. The molecule has 0 saturated heterocycles. The van der Waals surface area contributed by atoms with Crippen molar-refractivity contribution in [3.63, 3.8) is 0 Å². The zero-order valence-electron chi connectivity index (χ0n) is 17.2. The van der Waals surface area contributed by atoms with Crippen LogP contribution in [0.4, 0.5) is 0 Å². The van der Waals surface area contributed by atoms with E-state index in [1.807, 2.05) is 54.6 Å². The van der Waals surface area contributed by atoms with Crippen LogP contribution in [-0.2, 0) is 13.2 Å². The highest BCUT2D eigenvalue weighted by atomic mass is 16.5. The van der Waals surface area contributed by atoms with Gasteiger partial charge in [0.05, 0.1) is 0 Å². The van der Waals surface area contributed by atoms with Crippen molar-refractivity contribution in [2.75, 3.05) is 0 Å². The first kappa shape index (κ1) is 19.8. The molecular weight excluding hydrogens is 374 g/mol. The van der Waals surface area contributed by atoms with E-state index in [-0.39, 0.29) is 5.92 Å². The van der Waals surface area contributed by atoms with Crippen LogP contribution in [-0.4, -0.2) is 5.16 Å². The molecule has 0 atom stereocenters. The molecule has 1 radical (unpaired) electrons. The number of ether oxygens (including phenoxy) is 2. The summed E-state index contributed by atoms with van der Waals surface area (Å²) in [4.78, 5) is 0. The van der Waals surface area contributed by atoms with Crippen LogP contribution >= 0.6 is 0 Å². The fourth-order valence-electron chi connectivity index (χ4n) is 3.26. The van der Waals surface area contributed by atoms with Crippen molar-refractivity contribution in [2.24, 2.45) is 0 Å².